The largest absolute Gasteiger partial charge is 0.446 e. The van der Waals surface area contributed by atoms with Crippen LogP contribution in [0.5, 0.6) is 0 Å². The molecule has 440 valence electrons. The summed E-state index contributed by atoms with van der Waals surface area (Å²) in [7, 11) is 0. The second kappa shape index (κ2) is 35.4. The molecule has 14 atom stereocenters. The Morgan fingerprint density at radius 3 is 1.96 bits per heavy atom. The summed E-state index contributed by atoms with van der Waals surface area (Å²) >= 11 is 0. The third-order valence-electron chi connectivity index (χ3n) is 19.1. The van der Waals surface area contributed by atoms with Crippen LogP contribution in [0, 0.1) is 46.3 Å². The van der Waals surface area contributed by atoms with Gasteiger partial charge in [0.2, 0.25) is 11.8 Å². The van der Waals surface area contributed by atoms with Crippen molar-refractivity contribution in [3.05, 3.63) is 12.2 Å². The van der Waals surface area contributed by atoms with Crippen LogP contribution < -0.4 is 16.0 Å². The first-order valence-electron chi connectivity index (χ1n) is 31.0. The first-order valence-corrected chi connectivity index (χ1v) is 31.0. The average molecular weight is 1080 g/mol. The van der Waals surface area contributed by atoms with E-state index in [2.05, 4.69) is 55.8 Å². The van der Waals surface area contributed by atoms with E-state index in [0.717, 1.165) is 62.7 Å². The molecule has 5 rings (SSSR count). The van der Waals surface area contributed by atoms with Crippen LogP contribution in [0.1, 0.15) is 214 Å². The van der Waals surface area contributed by atoms with Gasteiger partial charge >= 0.3 is 6.09 Å². The van der Waals surface area contributed by atoms with Crippen LogP contribution in [0.4, 0.5) is 4.79 Å². The molecule has 15 nitrogen and oxygen atoms in total. The number of rotatable bonds is 38. The molecule has 3 amide bonds. The Hall–Kier alpha value is -2.37. The quantitative estimate of drug-likeness (QED) is 0.0227. The number of amides is 3. The summed E-state index contributed by atoms with van der Waals surface area (Å²) in [5, 5.41) is 48.1. The first-order chi connectivity index (χ1) is 36.8. The summed E-state index contributed by atoms with van der Waals surface area (Å²) in [6.07, 6.45) is 31.3. The second-order valence-corrected chi connectivity index (χ2v) is 24.4. The van der Waals surface area contributed by atoms with Crippen LogP contribution in [-0.4, -0.2) is 134 Å². The predicted molar refractivity (Wildman–Crippen MR) is 297 cm³/mol. The van der Waals surface area contributed by atoms with Crippen molar-refractivity contribution in [2.75, 3.05) is 59.3 Å². The monoisotopic (exact) mass is 1080 g/mol. The smallest absolute Gasteiger partial charge is 0.407 e. The van der Waals surface area contributed by atoms with E-state index in [9.17, 15) is 34.8 Å². The van der Waals surface area contributed by atoms with Crippen molar-refractivity contribution in [1.29, 1.82) is 0 Å². The maximum Gasteiger partial charge on any atom is 0.407 e. The van der Waals surface area contributed by atoms with Crippen molar-refractivity contribution in [3.8, 4) is 0 Å². The fraction of sp³-hybridized carbons (Fsp3) is 0.918. The molecule has 0 aromatic heterocycles. The van der Waals surface area contributed by atoms with Crippen molar-refractivity contribution in [1.82, 2.24) is 16.0 Å². The highest BCUT2D eigenvalue weighted by atomic mass is 16.7. The number of ether oxygens (including phenoxy) is 5. The van der Waals surface area contributed by atoms with Gasteiger partial charge < -0.3 is 60.1 Å². The Labute approximate surface area is 459 Å². The number of unbranched alkanes of at least 4 members (excludes halogenated alkanes) is 14. The molecular weight excluding hydrogens is 967 g/mol. The van der Waals surface area contributed by atoms with Gasteiger partial charge in [-0.3, -0.25) is 9.59 Å². The van der Waals surface area contributed by atoms with Gasteiger partial charge in [0.25, 0.3) is 0 Å². The third-order valence-corrected chi connectivity index (χ3v) is 19.1. The Bertz CT molecular complexity index is 1650. The Kier molecular flexibility index (Phi) is 30.0. The van der Waals surface area contributed by atoms with Crippen molar-refractivity contribution in [3.63, 3.8) is 0 Å². The molecule has 6 unspecified atom stereocenters. The zero-order valence-corrected chi connectivity index (χ0v) is 48.0. The van der Waals surface area contributed by atoms with Gasteiger partial charge in [-0.15, -0.1) is 0 Å². The molecule has 5 fully saturated rings. The van der Waals surface area contributed by atoms with Crippen molar-refractivity contribution < 1.29 is 58.5 Å². The van der Waals surface area contributed by atoms with Crippen LogP contribution in [0.25, 0.3) is 0 Å². The van der Waals surface area contributed by atoms with E-state index in [1.54, 1.807) is 0 Å². The molecule has 76 heavy (non-hydrogen) atoms. The van der Waals surface area contributed by atoms with E-state index in [4.69, 9.17) is 23.7 Å². The van der Waals surface area contributed by atoms with Gasteiger partial charge in [-0.1, -0.05) is 104 Å². The van der Waals surface area contributed by atoms with Crippen LogP contribution in [0.2, 0.25) is 0 Å². The summed E-state index contributed by atoms with van der Waals surface area (Å²) in [6, 6.07) is 0. The lowest BCUT2D eigenvalue weighted by Crippen LogP contribution is -2.59. The second-order valence-electron chi connectivity index (χ2n) is 24.4. The van der Waals surface area contributed by atoms with Crippen LogP contribution in [0.15, 0.2) is 12.2 Å². The highest BCUT2D eigenvalue weighted by Gasteiger charge is 2.61. The number of carbonyl (C=O) groups excluding carboxylic acids is 3. The molecule has 0 radical (unpaired) electrons. The van der Waals surface area contributed by atoms with Crippen LogP contribution >= 0.6 is 0 Å². The molecule has 4 aliphatic carbocycles. The molecule has 0 bridgehead atoms. The SMILES string of the molecule is CCCCCCCC/C=C\CCCCCCCCNC(=O)O[C@@H]1CC[C@@]2(C)C(CCC3C2CC[C@@]2(C)C3CC[C@@H]2[C@H](C)CCC(=O)NCCCCCC(=O)NCCOCCOCCO[C@H]2OC(CO)[C@@H](O)[C@H](O)C2O)C1. The number of aliphatic hydroxyl groups is 4. The van der Waals surface area contributed by atoms with Crippen molar-refractivity contribution in [2.45, 2.75) is 251 Å². The molecular formula is C61H109N3O12. The summed E-state index contributed by atoms with van der Waals surface area (Å²) < 4.78 is 27.7. The van der Waals surface area contributed by atoms with Crippen LogP contribution in [-0.2, 0) is 33.3 Å². The Morgan fingerprint density at radius 2 is 1.24 bits per heavy atom. The van der Waals surface area contributed by atoms with E-state index in [1.165, 1.54) is 128 Å². The molecule has 5 aliphatic rings. The van der Waals surface area contributed by atoms with Gasteiger partial charge in [-0.2, -0.15) is 0 Å². The van der Waals surface area contributed by atoms with Crippen molar-refractivity contribution in [2.24, 2.45) is 46.3 Å². The van der Waals surface area contributed by atoms with Gasteiger partial charge in [0, 0.05) is 32.5 Å². The fourth-order valence-electron chi connectivity index (χ4n) is 14.6. The highest BCUT2D eigenvalue weighted by molar-refractivity contribution is 5.76. The topological polar surface area (TPSA) is 214 Å². The number of fused-ring (bicyclic) bond motifs is 5. The van der Waals surface area contributed by atoms with Gasteiger partial charge in [0.05, 0.1) is 39.6 Å². The molecule has 4 saturated carbocycles. The van der Waals surface area contributed by atoms with E-state index < -0.39 is 37.3 Å². The van der Waals surface area contributed by atoms with Gasteiger partial charge in [-0.25, -0.2) is 4.79 Å². The number of allylic oxidation sites excluding steroid dienone is 2. The molecule has 1 saturated heterocycles. The lowest BCUT2D eigenvalue weighted by atomic mass is 9.44. The lowest BCUT2D eigenvalue weighted by molar-refractivity contribution is -0.302. The molecule has 1 aliphatic heterocycles. The standard InChI is InChI=1S/C61H109N3O12/c1-5-6-7-8-9-10-11-12-13-14-15-16-17-18-19-22-36-64-59(71)75-47-31-33-60(3)46(43-47)26-27-48-50-29-28-49(61(50,4)34-32-51(48)60)45(2)25-30-54(67)62-35-23-20-21-24-53(66)63-37-38-72-39-40-73-41-42-74-58-57(70)56(69)55(68)52(44-65)76-58/h12-13,45-52,55-58,65,68-70H,5-11,14-44H2,1-4H3,(H,62,67)(H,63,66)(H,64,71)/b13-12-/t45-,46?,47-,48?,49-,50?,51?,52?,55-,56+,57?,58+,60+,61-/m1/s1. The molecule has 1 heterocycles. The number of alkyl carbamates (subject to hydrolysis) is 1. The minimum absolute atomic E-state index is 0.0224. The number of aliphatic hydroxyl groups excluding tert-OH is 4. The fourth-order valence-corrected chi connectivity index (χ4v) is 14.6. The van der Waals surface area contributed by atoms with E-state index >= 15 is 0 Å². The molecule has 7 N–H and O–H groups in total. The van der Waals surface area contributed by atoms with Gasteiger partial charge in [0.1, 0.15) is 30.5 Å². The third kappa shape index (κ3) is 20.6. The number of nitrogens with one attached hydrogen (secondary N) is 3. The number of hydrogen-bond acceptors (Lipinski definition) is 12. The Morgan fingerprint density at radius 1 is 0.632 bits per heavy atom. The number of hydrogen-bond donors (Lipinski definition) is 7. The zero-order valence-electron chi connectivity index (χ0n) is 48.0. The van der Waals surface area contributed by atoms with E-state index in [-0.39, 0.29) is 37.2 Å². The zero-order chi connectivity index (χ0) is 54.6. The molecule has 0 aromatic carbocycles. The summed E-state index contributed by atoms with van der Waals surface area (Å²) in [6.45, 7) is 12.3. The van der Waals surface area contributed by atoms with E-state index in [1.807, 2.05) is 0 Å². The maximum absolute atomic E-state index is 13.0. The minimum Gasteiger partial charge on any atom is -0.446 e. The van der Waals surface area contributed by atoms with Crippen molar-refractivity contribution >= 4 is 17.9 Å². The molecule has 15 heteroatoms. The predicted octanol–water partition coefficient (Wildman–Crippen LogP) is 9.84. The first kappa shape index (κ1) is 64.5. The minimum atomic E-state index is -1.49. The summed E-state index contributed by atoms with van der Waals surface area (Å²) in [5.74, 6) is 4.24. The van der Waals surface area contributed by atoms with Gasteiger partial charge in [0.15, 0.2) is 6.29 Å². The van der Waals surface area contributed by atoms with Gasteiger partial charge in [-0.05, 0) is 155 Å². The Balaban J connectivity index is 0.836. The maximum atomic E-state index is 13.0. The van der Waals surface area contributed by atoms with Crippen LogP contribution in [0.3, 0.4) is 0 Å². The molecule has 0 aromatic rings. The molecule has 0 spiro atoms. The summed E-state index contributed by atoms with van der Waals surface area (Å²) in [5.41, 5.74) is 0.681. The van der Waals surface area contributed by atoms with E-state index in [0.29, 0.717) is 80.9 Å². The average Bonchev–Trinajstić information content (AvgIpc) is 3.80. The lowest BCUT2D eigenvalue weighted by Gasteiger charge is -2.61. The normalized spacial score (nSPS) is 31.6. The highest BCUT2D eigenvalue weighted by Crippen LogP contribution is 2.68. The number of carbonyl (C=O) groups is 3. The summed E-state index contributed by atoms with van der Waals surface area (Å²) in [4.78, 5) is 38.2.